The van der Waals surface area contributed by atoms with Crippen LogP contribution in [-0.4, -0.2) is 67.1 Å². The summed E-state index contributed by atoms with van der Waals surface area (Å²) in [6, 6.07) is 4.25. The quantitative estimate of drug-likeness (QED) is 0.547. The normalized spacial score (nSPS) is 18.6. The minimum atomic E-state index is -4.62. The second kappa shape index (κ2) is 8.83. The van der Waals surface area contributed by atoms with Crippen molar-refractivity contribution in [2.45, 2.75) is 38.0 Å². The van der Waals surface area contributed by atoms with Crippen LogP contribution in [0.1, 0.15) is 25.3 Å². The number of aromatic nitrogens is 4. The zero-order chi connectivity index (χ0) is 22.9. The van der Waals surface area contributed by atoms with E-state index in [1.165, 1.54) is 6.20 Å². The van der Waals surface area contributed by atoms with Gasteiger partial charge < -0.3 is 15.5 Å². The molecule has 0 saturated carbocycles. The van der Waals surface area contributed by atoms with Crippen molar-refractivity contribution in [1.82, 2.24) is 25.1 Å². The topological polar surface area (TPSA) is 107 Å². The average Bonchev–Trinajstić information content (AvgIpc) is 2.78. The summed E-state index contributed by atoms with van der Waals surface area (Å²) in [5.74, 6) is -0.158. The van der Waals surface area contributed by atoms with Gasteiger partial charge in [-0.05, 0) is 44.5 Å². The van der Waals surface area contributed by atoms with Crippen molar-refractivity contribution in [2.75, 3.05) is 25.0 Å². The van der Waals surface area contributed by atoms with E-state index in [9.17, 15) is 23.4 Å². The van der Waals surface area contributed by atoms with Gasteiger partial charge in [-0.25, -0.2) is 4.98 Å². The molecule has 0 radical (unpaired) electrons. The molecule has 1 aliphatic rings. The number of halogens is 3. The molecule has 0 aliphatic carbocycles. The third-order valence-corrected chi connectivity index (χ3v) is 5.64. The van der Waals surface area contributed by atoms with Crippen LogP contribution in [0.4, 0.5) is 19.0 Å². The number of aromatic hydroxyl groups is 1. The highest BCUT2D eigenvalue weighted by Crippen LogP contribution is 2.36. The Balaban J connectivity index is 1.67. The lowest BCUT2D eigenvalue weighted by atomic mass is 10.0. The lowest BCUT2D eigenvalue weighted by Crippen LogP contribution is -2.47. The molecule has 32 heavy (non-hydrogen) atoms. The summed E-state index contributed by atoms with van der Waals surface area (Å²) < 4.78 is 38.7. The van der Waals surface area contributed by atoms with Gasteiger partial charge in [0, 0.05) is 36.4 Å². The van der Waals surface area contributed by atoms with E-state index in [0.717, 1.165) is 25.9 Å². The number of pyridine rings is 2. The first-order valence-electron chi connectivity index (χ1n) is 10.3. The Morgan fingerprint density at radius 1 is 1.25 bits per heavy atom. The van der Waals surface area contributed by atoms with E-state index in [4.69, 9.17) is 0 Å². The van der Waals surface area contributed by atoms with Crippen LogP contribution >= 0.6 is 0 Å². The highest BCUT2D eigenvalue weighted by molar-refractivity contribution is 5.97. The number of anilines is 1. The van der Waals surface area contributed by atoms with Crippen molar-refractivity contribution in [3.63, 3.8) is 0 Å². The minimum Gasteiger partial charge on any atom is -0.506 e. The standard InChI is InChI=1S/C21H23F3N6O2/c1-12(11-31)30-7-3-4-14(10-30)27-20-15-5-2-6-25-17(15)19(28-29-20)18-16(32)8-13(9-26-18)21(22,23)24/h2,5-6,8-9,12,14,31-32H,3-4,7,10-11H2,1H3,(H,27,29). The molecule has 2 atom stereocenters. The van der Waals surface area contributed by atoms with Crippen molar-refractivity contribution in [2.24, 2.45) is 0 Å². The van der Waals surface area contributed by atoms with E-state index in [-0.39, 0.29) is 30.1 Å². The number of nitrogens with zero attached hydrogens (tertiary/aromatic N) is 5. The summed E-state index contributed by atoms with van der Waals surface area (Å²) >= 11 is 0. The monoisotopic (exact) mass is 448 g/mol. The van der Waals surface area contributed by atoms with Gasteiger partial charge in [-0.1, -0.05) is 0 Å². The average molecular weight is 448 g/mol. The number of fused-ring (bicyclic) bond motifs is 1. The molecule has 0 bridgehead atoms. The number of alkyl halides is 3. The molecule has 8 nitrogen and oxygen atoms in total. The maximum absolute atomic E-state index is 12.9. The fourth-order valence-corrected chi connectivity index (χ4v) is 3.88. The molecule has 3 N–H and O–H groups in total. The van der Waals surface area contributed by atoms with Gasteiger partial charge in [0.05, 0.1) is 12.2 Å². The molecule has 0 spiro atoms. The Labute approximate surface area is 182 Å². The molecular formula is C21H23F3N6O2. The first kappa shape index (κ1) is 22.2. The number of piperidine rings is 1. The van der Waals surface area contributed by atoms with Crippen LogP contribution in [0.2, 0.25) is 0 Å². The Kier molecular flexibility index (Phi) is 6.11. The fourth-order valence-electron chi connectivity index (χ4n) is 3.88. The largest absolute Gasteiger partial charge is 0.506 e. The Morgan fingerprint density at radius 2 is 2.06 bits per heavy atom. The molecule has 1 saturated heterocycles. The lowest BCUT2D eigenvalue weighted by molar-refractivity contribution is -0.137. The molecule has 3 aromatic rings. The van der Waals surface area contributed by atoms with Gasteiger partial charge >= 0.3 is 6.18 Å². The van der Waals surface area contributed by atoms with Gasteiger partial charge in [-0.15, -0.1) is 10.2 Å². The number of nitrogens with one attached hydrogen (secondary N) is 1. The van der Waals surface area contributed by atoms with E-state index >= 15 is 0 Å². The molecule has 4 rings (SSSR count). The first-order chi connectivity index (χ1) is 15.3. The zero-order valence-electron chi connectivity index (χ0n) is 17.3. The fraction of sp³-hybridized carbons (Fsp3) is 0.429. The van der Waals surface area contributed by atoms with Crippen LogP contribution in [-0.2, 0) is 6.18 Å². The first-order valence-corrected chi connectivity index (χ1v) is 10.3. The smallest absolute Gasteiger partial charge is 0.418 e. The number of likely N-dealkylation sites (tertiary alicyclic amines) is 1. The van der Waals surface area contributed by atoms with Crippen LogP contribution in [0.3, 0.4) is 0 Å². The third-order valence-electron chi connectivity index (χ3n) is 5.64. The molecule has 3 aromatic heterocycles. The van der Waals surface area contributed by atoms with Gasteiger partial charge in [0.25, 0.3) is 0 Å². The second-order valence-electron chi connectivity index (χ2n) is 7.90. The lowest BCUT2D eigenvalue weighted by Gasteiger charge is -2.36. The maximum atomic E-state index is 12.9. The predicted octanol–water partition coefficient (Wildman–Crippen LogP) is 3.07. The molecule has 4 heterocycles. The van der Waals surface area contributed by atoms with Crippen LogP contribution in [0.25, 0.3) is 22.3 Å². The molecule has 1 fully saturated rings. The number of rotatable bonds is 5. The van der Waals surface area contributed by atoms with Crippen LogP contribution < -0.4 is 5.32 Å². The van der Waals surface area contributed by atoms with E-state index in [0.29, 0.717) is 29.0 Å². The van der Waals surface area contributed by atoms with Crippen LogP contribution in [0.15, 0.2) is 30.6 Å². The minimum absolute atomic E-state index is 0.0557. The van der Waals surface area contributed by atoms with Crippen LogP contribution in [0, 0.1) is 0 Å². The van der Waals surface area contributed by atoms with Crippen LogP contribution in [0.5, 0.6) is 5.75 Å². The zero-order valence-corrected chi connectivity index (χ0v) is 17.3. The predicted molar refractivity (Wildman–Crippen MR) is 112 cm³/mol. The van der Waals surface area contributed by atoms with E-state index < -0.39 is 17.5 Å². The SMILES string of the molecule is CC(CO)N1CCCC(Nc2nnc(-c3ncc(C(F)(F)F)cc3O)c3ncccc23)C1. The molecule has 2 unspecified atom stereocenters. The van der Waals surface area contributed by atoms with Gasteiger partial charge in [0.15, 0.2) is 5.82 Å². The van der Waals surface area contributed by atoms with E-state index in [2.05, 4.69) is 30.4 Å². The Morgan fingerprint density at radius 3 is 2.78 bits per heavy atom. The number of aliphatic hydroxyl groups excluding tert-OH is 1. The summed E-state index contributed by atoms with van der Waals surface area (Å²) in [6.07, 6.45) is -0.557. The van der Waals surface area contributed by atoms with Crippen molar-refractivity contribution >= 4 is 16.7 Å². The van der Waals surface area contributed by atoms with Crippen molar-refractivity contribution in [3.05, 3.63) is 36.2 Å². The summed E-state index contributed by atoms with van der Waals surface area (Å²) in [5.41, 5.74) is -0.719. The molecule has 170 valence electrons. The van der Waals surface area contributed by atoms with E-state index in [1.54, 1.807) is 12.1 Å². The van der Waals surface area contributed by atoms with Crippen molar-refractivity contribution in [1.29, 1.82) is 0 Å². The highest BCUT2D eigenvalue weighted by Gasteiger charge is 2.32. The number of aliphatic hydroxyl groups is 1. The molecule has 0 aromatic carbocycles. The summed E-state index contributed by atoms with van der Waals surface area (Å²) in [4.78, 5) is 10.3. The molecule has 1 aliphatic heterocycles. The van der Waals surface area contributed by atoms with Gasteiger partial charge in [-0.2, -0.15) is 13.2 Å². The molecule has 11 heteroatoms. The maximum Gasteiger partial charge on any atom is 0.418 e. The summed E-state index contributed by atoms with van der Waals surface area (Å²) in [6.45, 7) is 3.69. The van der Waals surface area contributed by atoms with Gasteiger partial charge in [-0.3, -0.25) is 9.88 Å². The third kappa shape index (κ3) is 4.44. The van der Waals surface area contributed by atoms with Crippen molar-refractivity contribution in [3.8, 4) is 17.1 Å². The second-order valence-corrected chi connectivity index (χ2v) is 7.90. The van der Waals surface area contributed by atoms with Crippen molar-refractivity contribution < 1.29 is 23.4 Å². The Hall–Kier alpha value is -3.05. The van der Waals surface area contributed by atoms with Gasteiger partial charge in [0.2, 0.25) is 0 Å². The Bertz CT molecular complexity index is 1110. The molecule has 0 amide bonds. The molecular weight excluding hydrogens is 425 g/mol. The number of hydrogen-bond donors (Lipinski definition) is 3. The summed E-state index contributed by atoms with van der Waals surface area (Å²) in [5, 5.41) is 32.0. The van der Waals surface area contributed by atoms with Gasteiger partial charge in [0.1, 0.15) is 22.7 Å². The highest BCUT2D eigenvalue weighted by atomic mass is 19.4. The number of hydrogen-bond acceptors (Lipinski definition) is 8. The summed E-state index contributed by atoms with van der Waals surface area (Å²) in [7, 11) is 0. The van der Waals surface area contributed by atoms with E-state index in [1.807, 2.05) is 6.92 Å².